The molecule has 1 atom stereocenters. The summed E-state index contributed by atoms with van der Waals surface area (Å²) >= 11 is 0. The second kappa shape index (κ2) is 5.40. The molecule has 5 nitrogen and oxygen atoms in total. The van der Waals surface area contributed by atoms with Crippen LogP contribution in [0.4, 0.5) is 4.39 Å². The first kappa shape index (κ1) is 14.8. The molecule has 1 N–H and O–H groups in total. The fraction of sp³-hybridized carbons (Fsp3) is 0.462. The number of hydrogen-bond donors (Lipinski definition) is 1. The first-order valence-corrected chi connectivity index (χ1v) is 8.01. The lowest BCUT2D eigenvalue weighted by atomic mass is 10.0. The summed E-state index contributed by atoms with van der Waals surface area (Å²) in [6, 6.07) is 5.77. The maximum absolute atomic E-state index is 13.3. The van der Waals surface area contributed by atoms with Gasteiger partial charge in [-0.1, -0.05) is 12.1 Å². The van der Waals surface area contributed by atoms with Gasteiger partial charge in [-0.15, -0.1) is 0 Å². The average Bonchev–Trinajstić information content (AvgIpc) is 2.62. The van der Waals surface area contributed by atoms with Gasteiger partial charge in [-0.05, 0) is 25.5 Å². The Labute approximate surface area is 117 Å². The number of ether oxygens (including phenoxy) is 1. The summed E-state index contributed by atoms with van der Waals surface area (Å²) in [6.07, 6.45) is 0.376. The third kappa shape index (κ3) is 3.69. The Morgan fingerprint density at radius 1 is 1.45 bits per heavy atom. The fourth-order valence-corrected chi connectivity index (χ4v) is 4.28. The molecule has 1 aliphatic rings. The van der Waals surface area contributed by atoms with Gasteiger partial charge >= 0.3 is 0 Å². The lowest BCUT2D eigenvalue weighted by Crippen LogP contribution is -2.48. The molecule has 0 unspecified atom stereocenters. The fourth-order valence-electron chi connectivity index (χ4n) is 2.19. The Hall–Kier alpha value is -1.63. The topological polar surface area (TPSA) is 72.5 Å². The van der Waals surface area contributed by atoms with Gasteiger partial charge in [0.1, 0.15) is 0 Å². The van der Waals surface area contributed by atoms with Gasteiger partial charge < -0.3 is 10.1 Å². The van der Waals surface area contributed by atoms with Crippen LogP contribution in [0.1, 0.15) is 13.3 Å². The van der Waals surface area contributed by atoms with E-state index in [9.17, 15) is 17.6 Å². The molecule has 0 bridgehead atoms. The number of carbonyl (C=O) groups excluding carboxylic acids is 1. The molecule has 110 valence electrons. The molecule has 1 aliphatic heterocycles. The van der Waals surface area contributed by atoms with E-state index in [1.165, 1.54) is 18.2 Å². The number of halogens is 1. The lowest BCUT2D eigenvalue weighted by Gasteiger charge is -2.23. The largest absolute Gasteiger partial charge is 0.481 e. The molecule has 1 amide bonds. The molecule has 0 spiro atoms. The molecule has 1 aromatic carbocycles. The summed E-state index contributed by atoms with van der Waals surface area (Å²) < 4.78 is 41.2. The molecule has 1 fully saturated rings. The van der Waals surface area contributed by atoms with Gasteiger partial charge in [0.2, 0.25) is 0 Å². The van der Waals surface area contributed by atoms with Crippen LogP contribution in [0.3, 0.4) is 0 Å². The Bertz CT molecular complexity index is 617. The monoisotopic (exact) mass is 301 g/mol. The van der Waals surface area contributed by atoms with E-state index in [4.69, 9.17) is 4.74 Å². The van der Waals surface area contributed by atoms with Crippen molar-refractivity contribution in [2.75, 3.05) is 18.1 Å². The van der Waals surface area contributed by atoms with Crippen LogP contribution in [-0.2, 0) is 14.6 Å². The highest BCUT2D eigenvalue weighted by Crippen LogP contribution is 2.22. The lowest BCUT2D eigenvalue weighted by molar-refractivity contribution is -0.124. The summed E-state index contributed by atoms with van der Waals surface area (Å²) in [7, 11) is -3.09. The second-order valence-electron chi connectivity index (χ2n) is 5.17. The molecule has 20 heavy (non-hydrogen) atoms. The highest BCUT2D eigenvalue weighted by Gasteiger charge is 2.39. The van der Waals surface area contributed by atoms with Gasteiger partial charge in [0.15, 0.2) is 28.0 Å². The van der Waals surface area contributed by atoms with Crippen molar-refractivity contribution < 1.29 is 22.3 Å². The number of rotatable bonds is 4. The molecule has 1 aromatic rings. The first-order chi connectivity index (χ1) is 9.30. The van der Waals surface area contributed by atoms with E-state index in [0.717, 1.165) is 0 Å². The van der Waals surface area contributed by atoms with Crippen molar-refractivity contribution in [3.05, 3.63) is 30.1 Å². The predicted octanol–water partition coefficient (Wildman–Crippen LogP) is 0.898. The molecular weight excluding hydrogens is 285 g/mol. The quantitative estimate of drug-likeness (QED) is 0.897. The van der Waals surface area contributed by atoms with Crippen LogP contribution < -0.4 is 10.1 Å². The SMILES string of the molecule is C[C@@]1(NC(=O)COc2ccccc2F)CCS(=O)(=O)C1. The minimum absolute atomic E-state index is 0.00755. The summed E-state index contributed by atoms with van der Waals surface area (Å²) in [5.74, 6) is -1.03. The van der Waals surface area contributed by atoms with E-state index < -0.39 is 27.1 Å². The van der Waals surface area contributed by atoms with E-state index >= 15 is 0 Å². The van der Waals surface area contributed by atoms with Crippen LogP contribution in [0.25, 0.3) is 0 Å². The summed E-state index contributed by atoms with van der Waals surface area (Å²) in [4.78, 5) is 11.7. The standard InChI is InChI=1S/C13H16FNO4S/c1-13(6-7-20(17,18)9-13)15-12(16)8-19-11-5-3-2-4-10(11)14/h2-5H,6-9H2,1H3,(H,15,16)/t13-/m1/s1. The van der Waals surface area contributed by atoms with Crippen molar-refractivity contribution in [1.82, 2.24) is 5.32 Å². The van der Waals surface area contributed by atoms with Crippen LogP contribution in [-0.4, -0.2) is 38.0 Å². The number of amides is 1. The molecule has 0 saturated carbocycles. The highest BCUT2D eigenvalue weighted by atomic mass is 32.2. The van der Waals surface area contributed by atoms with Crippen molar-refractivity contribution in [3.8, 4) is 5.75 Å². The minimum Gasteiger partial charge on any atom is -0.481 e. The second-order valence-corrected chi connectivity index (χ2v) is 7.35. The Morgan fingerprint density at radius 3 is 2.75 bits per heavy atom. The number of carbonyl (C=O) groups is 1. The number of para-hydroxylation sites is 1. The van der Waals surface area contributed by atoms with Gasteiger partial charge in [-0.2, -0.15) is 0 Å². The first-order valence-electron chi connectivity index (χ1n) is 6.18. The van der Waals surface area contributed by atoms with Crippen LogP contribution >= 0.6 is 0 Å². The van der Waals surface area contributed by atoms with E-state index in [2.05, 4.69) is 5.32 Å². The normalized spacial score (nSPS) is 24.3. The zero-order chi connectivity index (χ0) is 14.8. The molecule has 0 aromatic heterocycles. The zero-order valence-electron chi connectivity index (χ0n) is 11.1. The number of hydrogen-bond acceptors (Lipinski definition) is 4. The predicted molar refractivity (Wildman–Crippen MR) is 71.7 cm³/mol. The molecule has 0 radical (unpaired) electrons. The Morgan fingerprint density at radius 2 is 2.15 bits per heavy atom. The summed E-state index contributed by atoms with van der Waals surface area (Å²) in [5.41, 5.74) is -0.769. The minimum atomic E-state index is -3.09. The van der Waals surface area contributed by atoms with E-state index in [0.29, 0.717) is 6.42 Å². The van der Waals surface area contributed by atoms with Gasteiger partial charge in [0.05, 0.1) is 17.0 Å². The number of nitrogens with one attached hydrogen (secondary N) is 1. The third-order valence-corrected chi connectivity index (χ3v) is 5.04. The number of sulfone groups is 1. The van der Waals surface area contributed by atoms with Crippen molar-refractivity contribution in [2.45, 2.75) is 18.9 Å². The van der Waals surface area contributed by atoms with Gasteiger partial charge in [-0.25, -0.2) is 12.8 Å². The van der Waals surface area contributed by atoms with Crippen molar-refractivity contribution in [2.24, 2.45) is 0 Å². The number of benzene rings is 1. The van der Waals surface area contributed by atoms with Crippen LogP contribution in [0, 0.1) is 5.82 Å². The Balaban J connectivity index is 1.89. The third-order valence-electron chi connectivity index (χ3n) is 3.14. The van der Waals surface area contributed by atoms with Crippen molar-refractivity contribution in [3.63, 3.8) is 0 Å². The molecule has 7 heteroatoms. The zero-order valence-corrected chi connectivity index (χ0v) is 11.9. The molecule has 2 rings (SSSR count). The van der Waals surface area contributed by atoms with E-state index in [1.54, 1.807) is 13.0 Å². The highest BCUT2D eigenvalue weighted by molar-refractivity contribution is 7.91. The van der Waals surface area contributed by atoms with Crippen LogP contribution in [0.15, 0.2) is 24.3 Å². The van der Waals surface area contributed by atoms with E-state index in [1.807, 2.05) is 0 Å². The molecule has 0 aliphatic carbocycles. The van der Waals surface area contributed by atoms with Gasteiger partial charge in [-0.3, -0.25) is 4.79 Å². The van der Waals surface area contributed by atoms with Gasteiger partial charge in [0.25, 0.3) is 5.91 Å². The van der Waals surface area contributed by atoms with E-state index in [-0.39, 0.29) is 23.9 Å². The molecule has 1 saturated heterocycles. The van der Waals surface area contributed by atoms with Crippen molar-refractivity contribution in [1.29, 1.82) is 0 Å². The maximum Gasteiger partial charge on any atom is 0.258 e. The summed E-state index contributed by atoms with van der Waals surface area (Å²) in [6.45, 7) is 1.33. The van der Waals surface area contributed by atoms with Crippen molar-refractivity contribution >= 4 is 15.7 Å². The van der Waals surface area contributed by atoms with Crippen LogP contribution in [0.2, 0.25) is 0 Å². The van der Waals surface area contributed by atoms with Gasteiger partial charge in [0, 0.05) is 0 Å². The maximum atomic E-state index is 13.3. The molecule has 1 heterocycles. The van der Waals surface area contributed by atoms with Crippen LogP contribution in [0.5, 0.6) is 5.75 Å². The average molecular weight is 301 g/mol. The smallest absolute Gasteiger partial charge is 0.258 e. The Kier molecular flexibility index (Phi) is 3.99. The summed E-state index contributed by atoms with van der Waals surface area (Å²) in [5, 5.41) is 2.64. The molecular formula is C13H16FNO4S.